The fourth-order valence-corrected chi connectivity index (χ4v) is 2.89. The summed E-state index contributed by atoms with van der Waals surface area (Å²) in [6.07, 6.45) is 11.7. The summed E-state index contributed by atoms with van der Waals surface area (Å²) in [5.74, 6) is -1.11. The van der Waals surface area contributed by atoms with E-state index in [0.717, 1.165) is 19.3 Å². The third kappa shape index (κ3) is 15.0. The van der Waals surface area contributed by atoms with Gasteiger partial charge < -0.3 is 14.4 Å². The third-order valence-electron chi connectivity index (χ3n) is 4.89. The molecule has 0 N–H and O–H groups in total. The summed E-state index contributed by atoms with van der Waals surface area (Å²) in [5.41, 5.74) is 0. The number of carbonyl (C=O) groups excluding carboxylic acids is 1. The van der Waals surface area contributed by atoms with Crippen molar-refractivity contribution >= 4 is 5.97 Å². The second-order valence-corrected chi connectivity index (χ2v) is 7.42. The first-order chi connectivity index (χ1) is 11.4. The third-order valence-corrected chi connectivity index (χ3v) is 4.89. The van der Waals surface area contributed by atoms with E-state index in [0.29, 0.717) is 6.42 Å². The Morgan fingerprint density at radius 3 is 1.42 bits per heavy atom. The SMILES string of the molecule is CCCCC(CC)C(=O)[O-].CCCC[N+](C)(CCCC)CCCC. The predicted octanol–water partition coefficient (Wildman–Crippen LogP) is 4.79. The molecule has 3 nitrogen and oxygen atoms in total. The molecule has 0 radical (unpaired) electrons. The van der Waals surface area contributed by atoms with Gasteiger partial charge in [-0.05, 0) is 38.0 Å². The highest BCUT2D eigenvalue weighted by molar-refractivity contribution is 5.67. The van der Waals surface area contributed by atoms with E-state index in [1.807, 2.05) is 6.92 Å². The highest BCUT2D eigenvalue weighted by Gasteiger charge is 2.18. The first kappa shape index (κ1) is 25.7. The van der Waals surface area contributed by atoms with Crippen molar-refractivity contribution in [1.82, 2.24) is 0 Å². The average Bonchev–Trinajstić information content (AvgIpc) is 2.57. The van der Waals surface area contributed by atoms with Crippen LogP contribution in [0.3, 0.4) is 0 Å². The highest BCUT2D eigenvalue weighted by atomic mass is 16.4. The van der Waals surface area contributed by atoms with Gasteiger partial charge in [-0.25, -0.2) is 0 Å². The summed E-state index contributed by atoms with van der Waals surface area (Å²) < 4.78 is 1.32. The number of carbonyl (C=O) groups is 1. The van der Waals surface area contributed by atoms with Crippen LogP contribution in [0.5, 0.6) is 0 Å². The van der Waals surface area contributed by atoms with Gasteiger partial charge in [0.1, 0.15) is 0 Å². The normalized spacial score (nSPS) is 12.4. The largest absolute Gasteiger partial charge is 0.550 e. The van der Waals surface area contributed by atoms with Gasteiger partial charge in [-0.1, -0.05) is 66.7 Å². The molecule has 0 aromatic rings. The van der Waals surface area contributed by atoms with Crippen molar-refractivity contribution in [2.45, 2.75) is 98.8 Å². The highest BCUT2D eigenvalue weighted by Crippen LogP contribution is 2.11. The smallest absolute Gasteiger partial charge is 0.0784 e. The van der Waals surface area contributed by atoms with Crippen LogP contribution in [0.25, 0.3) is 0 Å². The van der Waals surface area contributed by atoms with Crippen LogP contribution < -0.4 is 5.11 Å². The van der Waals surface area contributed by atoms with Crippen LogP contribution in [0.15, 0.2) is 0 Å². The molecule has 0 aromatic heterocycles. The Morgan fingerprint density at radius 2 is 1.17 bits per heavy atom. The molecule has 0 spiro atoms. The van der Waals surface area contributed by atoms with Gasteiger partial charge in [-0.3, -0.25) is 0 Å². The van der Waals surface area contributed by atoms with Gasteiger partial charge in [-0.2, -0.15) is 0 Å². The Morgan fingerprint density at radius 1 is 0.792 bits per heavy atom. The van der Waals surface area contributed by atoms with Crippen LogP contribution in [0.2, 0.25) is 0 Å². The molecule has 0 saturated carbocycles. The van der Waals surface area contributed by atoms with Crippen LogP contribution in [-0.2, 0) is 4.79 Å². The molecule has 0 heterocycles. The lowest BCUT2D eigenvalue weighted by Gasteiger charge is -2.34. The molecule has 0 bridgehead atoms. The van der Waals surface area contributed by atoms with E-state index >= 15 is 0 Å². The van der Waals surface area contributed by atoms with Crippen molar-refractivity contribution in [3.63, 3.8) is 0 Å². The Hall–Kier alpha value is -0.570. The number of unbranched alkanes of at least 4 members (excludes halogenated alkanes) is 4. The molecule has 0 aliphatic heterocycles. The Kier molecular flexibility index (Phi) is 18.5. The summed E-state index contributed by atoms with van der Waals surface area (Å²) in [7, 11) is 2.45. The second kappa shape index (κ2) is 17.3. The number of hydrogen-bond donors (Lipinski definition) is 0. The average molecular weight is 344 g/mol. The fraction of sp³-hybridized carbons (Fsp3) is 0.952. The monoisotopic (exact) mass is 343 g/mol. The van der Waals surface area contributed by atoms with E-state index in [2.05, 4.69) is 34.7 Å². The van der Waals surface area contributed by atoms with Crippen molar-refractivity contribution in [3.05, 3.63) is 0 Å². The second-order valence-electron chi connectivity index (χ2n) is 7.42. The topological polar surface area (TPSA) is 40.1 Å². The maximum Gasteiger partial charge on any atom is 0.0784 e. The number of carboxylic acids is 1. The number of rotatable bonds is 14. The number of hydrogen-bond acceptors (Lipinski definition) is 2. The molecule has 0 amide bonds. The first-order valence-electron chi connectivity index (χ1n) is 10.4. The molecule has 0 fully saturated rings. The number of quaternary nitrogens is 1. The molecule has 0 aliphatic carbocycles. The van der Waals surface area contributed by atoms with Crippen LogP contribution in [0.4, 0.5) is 0 Å². The van der Waals surface area contributed by atoms with E-state index in [1.54, 1.807) is 0 Å². The Labute approximate surface area is 152 Å². The molecule has 0 saturated heterocycles. The zero-order chi connectivity index (χ0) is 18.8. The van der Waals surface area contributed by atoms with Gasteiger partial charge in [0.05, 0.1) is 26.7 Å². The fourth-order valence-electron chi connectivity index (χ4n) is 2.89. The quantitative estimate of drug-likeness (QED) is 0.426. The molecular formula is C21H45NO2. The van der Waals surface area contributed by atoms with Gasteiger partial charge in [0.15, 0.2) is 0 Å². The molecule has 24 heavy (non-hydrogen) atoms. The zero-order valence-electron chi connectivity index (χ0n) is 17.5. The lowest BCUT2D eigenvalue weighted by Crippen LogP contribution is -2.46. The molecule has 0 aliphatic rings. The van der Waals surface area contributed by atoms with Crippen molar-refractivity contribution in [3.8, 4) is 0 Å². The van der Waals surface area contributed by atoms with Crippen molar-refractivity contribution in [2.75, 3.05) is 26.7 Å². The first-order valence-corrected chi connectivity index (χ1v) is 10.4. The lowest BCUT2D eigenvalue weighted by molar-refractivity contribution is -0.910. The molecule has 0 rings (SSSR count). The molecule has 146 valence electrons. The molecule has 1 unspecified atom stereocenters. The van der Waals surface area contributed by atoms with E-state index in [9.17, 15) is 9.90 Å². The van der Waals surface area contributed by atoms with Crippen molar-refractivity contribution in [1.29, 1.82) is 0 Å². The minimum Gasteiger partial charge on any atom is -0.550 e. The molecule has 3 heteroatoms. The number of aliphatic carboxylic acids is 1. The van der Waals surface area contributed by atoms with Crippen LogP contribution in [0.1, 0.15) is 98.8 Å². The van der Waals surface area contributed by atoms with Crippen LogP contribution in [-0.4, -0.2) is 37.1 Å². The summed E-state index contributed by atoms with van der Waals surface area (Å²) in [6.45, 7) is 15.0. The molecule has 1 atom stereocenters. The lowest BCUT2D eigenvalue weighted by atomic mass is 10.00. The van der Waals surface area contributed by atoms with Gasteiger partial charge in [0.25, 0.3) is 0 Å². The van der Waals surface area contributed by atoms with Gasteiger partial charge in [0.2, 0.25) is 0 Å². The van der Waals surface area contributed by atoms with Crippen molar-refractivity contribution < 1.29 is 14.4 Å². The maximum absolute atomic E-state index is 10.3. The summed E-state index contributed by atoms with van der Waals surface area (Å²) >= 11 is 0. The summed E-state index contributed by atoms with van der Waals surface area (Å²) in [6, 6.07) is 0. The van der Waals surface area contributed by atoms with E-state index in [4.69, 9.17) is 0 Å². The van der Waals surface area contributed by atoms with Gasteiger partial charge in [0, 0.05) is 5.97 Å². The van der Waals surface area contributed by atoms with Crippen LogP contribution in [0, 0.1) is 5.92 Å². The van der Waals surface area contributed by atoms with Gasteiger partial charge >= 0.3 is 0 Å². The van der Waals surface area contributed by atoms with Crippen LogP contribution >= 0.6 is 0 Å². The van der Waals surface area contributed by atoms with Gasteiger partial charge in [-0.15, -0.1) is 0 Å². The summed E-state index contributed by atoms with van der Waals surface area (Å²) in [4.78, 5) is 10.3. The molecule has 0 aromatic carbocycles. The number of carboxylic acid groups (broad SMARTS) is 1. The zero-order valence-corrected chi connectivity index (χ0v) is 17.5. The van der Waals surface area contributed by atoms with E-state index < -0.39 is 5.97 Å². The van der Waals surface area contributed by atoms with E-state index in [1.165, 1.54) is 62.6 Å². The Balaban J connectivity index is 0. The maximum atomic E-state index is 10.3. The molecular weight excluding hydrogens is 298 g/mol. The Bertz CT molecular complexity index is 257. The minimum absolute atomic E-state index is 0.222. The van der Waals surface area contributed by atoms with Crippen molar-refractivity contribution in [2.24, 2.45) is 5.92 Å². The number of nitrogens with zero attached hydrogens (tertiary/aromatic N) is 1. The van der Waals surface area contributed by atoms with E-state index in [-0.39, 0.29) is 5.92 Å². The standard InChI is InChI=1S/C13H30N.C8H16O2/c1-5-8-11-14(4,12-9-6-2)13-10-7-3;1-3-5-6-7(4-2)8(9)10/h5-13H2,1-4H3;7H,3-6H2,1-2H3,(H,9,10)/q+1;/p-1. The predicted molar refractivity (Wildman–Crippen MR) is 104 cm³/mol. The minimum atomic E-state index is -0.893. The summed E-state index contributed by atoms with van der Waals surface area (Å²) in [5, 5.41) is 10.3.